The number of furan rings is 1. The molecule has 1 aliphatic rings. The highest BCUT2D eigenvalue weighted by Gasteiger charge is 2.22. The number of likely N-dealkylation sites (N-methyl/N-ethyl adjacent to an activating group) is 1. The third-order valence-corrected chi connectivity index (χ3v) is 7.00. The average Bonchev–Trinajstić information content (AvgIpc) is 3.35. The van der Waals surface area contributed by atoms with Crippen molar-refractivity contribution in [1.29, 1.82) is 0 Å². The Kier molecular flexibility index (Phi) is 7.76. The number of piperazine rings is 1. The largest absolute Gasteiger partial charge is 0.458 e. The first-order valence-corrected chi connectivity index (χ1v) is 12.8. The van der Waals surface area contributed by atoms with Gasteiger partial charge in [0.25, 0.3) is 0 Å². The number of carbonyl (C=O) groups is 1. The van der Waals surface area contributed by atoms with Gasteiger partial charge in [-0.15, -0.1) is 0 Å². The molecule has 1 amide bonds. The third kappa shape index (κ3) is 6.06. The number of benzene rings is 2. The number of hydrogen-bond donors (Lipinski definition) is 3. The maximum Gasteiger partial charge on any atom is 0.244 e. The lowest BCUT2D eigenvalue weighted by Gasteiger charge is -2.35. The fraction of sp³-hybridized carbons (Fsp3) is 0.241. The molecule has 196 valence electrons. The van der Waals surface area contributed by atoms with E-state index in [9.17, 15) is 9.90 Å². The molecular formula is C29H30ClN5O3. The molecule has 5 rings (SSSR count). The van der Waals surface area contributed by atoms with E-state index in [-0.39, 0.29) is 12.5 Å². The van der Waals surface area contributed by atoms with Gasteiger partial charge < -0.3 is 25.5 Å². The molecule has 1 saturated heterocycles. The SMILES string of the molecule is CN1CCN(C(O)c2ccc(-c3cc(Cl)c4oc(CNC(=O)C=Cc5ccc(N)nc5)cc4c3)cc2)CC1. The number of amides is 1. The first-order valence-electron chi connectivity index (χ1n) is 12.5. The monoisotopic (exact) mass is 531 g/mol. The predicted molar refractivity (Wildman–Crippen MR) is 150 cm³/mol. The van der Waals surface area contributed by atoms with Crippen molar-refractivity contribution in [3.8, 4) is 11.1 Å². The molecular weight excluding hydrogens is 502 g/mol. The van der Waals surface area contributed by atoms with Crippen LogP contribution in [0.3, 0.4) is 0 Å². The van der Waals surface area contributed by atoms with Crippen LogP contribution in [0.25, 0.3) is 28.2 Å². The number of aromatic nitrogens is 1. The lowest BCUT2D eigenvalue weighted by atomic mass is 10.0. The second-order valence-electron chi connectivity index (χ2n) is 9.49. The van der Waals surface area contributed by atoms with Gasteiger partial charge in [-0.3, -0.25) is 9.69 Å². The summed E-state index contributed by atoms with van der Waals surface area (Å²) in [6.07, 6.45) is 4.08. The number of aliphatic hydroxyl groups is 1. The van der Waals surface area contributed by atoms with Crippen LogP contribution in [0, 0.1) is 0 Å². The van der Waals surface area contributed by atoms with Crippen LogP contribution in [0.4, 0.5) is 5.82 Å². The normalized spacial score (nSPS) is 15.8. The van der Waals surface area contributed by atoms with Gasteiger partial charge in [0.05, 0.1) is 11.6 Å². The predicted octanol–water partition coefficient (Wildman–Crippen LogP) is 4.30. The summed E-state index contributed by atoms with van der Waals surface area (Å²) in [4.78, 5) is 20.6. The fourth-order valence-corrected chi connectivity index (χ4v) is 4.73. The van der Waals surface area contributed by atoms with Gasteiger partial charge in [0.15, 0.2) is 5.58 Å². The molecule has 1 fully saturated rings. The first-order chi connectivity index (χ1) is 18.4. The Labute approximate surface area is 226 Å². The van der Waals surface area contributed by atoms with Gasteiger partial charge in [-0.25, -0.2) is 4.98 Å². The van der Waals surface area contributed by atoms with E-state index in [0.717, 1.165) is 53.8 Å². The Morgan fingerprint density at radius 3 is 2.61 bits per heavy atom. The van der Waals surface area contributed by atoms with Crippen molar-refractivity contribution in [1.82, 2.24) is 20.1 Å². The number of aliphatic hydroxyl groups excluding tert-OH is 1. The molecule has 0 bridgehead atoms. The molecule has 4 N–H and O–H groups in total. The summed E-state index contributed by atoms with van der Waals surface area (Å²) < 4.78 is 5.90. The molecule has 38 heavy (non-hydrogen) atoms. The Morgan fingerprint density at radius 1 is 1.13 bits per heavy atom. The Hall–Kier alpha value is -3.69. The zero-order valence-corrected chi connectivity index (χ0v) is 21.9. The summed E-state index contributed by atoms with van der Waals surface area (Å²) in [7, 11) is 2.10. The quantitative estimate of drug-likeness (QED) is 0.305. The molecule has 3 heterocycles. The molecule has 2 aromatic carbocycles. The Morgan fingerprint density at radius 2 is 1.89 bits per heavy atom. The highest BCUT2D eigenvalue weighted by molar-refractivity contribution is 6.35. The molecule has 0 radical (unpaired) electrons. The van der Waals surface area contributed by atoms with Crippen LogP contribution < -0.4 is 11.1 Å². The van der Waals surface area contributed by atoms with Crippen LogP contribution >= 0.6 is 11.6 Å². The van der Waals surface area contributed by atoms with Gasteiger partial charge in [-0.2, -0.15) is 0 Å². The minimum atomic E-state index is -0.617. The molecule has 8 nitrogen and oxygen atoms in total. The lowest BCUT2D eigenvalue weighted by Crippen LogP contribution is -2.45. The number of nitrogens with zero attached hydrogens (tertiary/aromatic N) is 3. The van der Waals surface area contributed by atoms with Crippen LogP contribution in [-0.2, 0) is 11.3 Å². The number of anilines is 1. The van der Waals surface area contributed by atoms with Crippen LogP contribution in [0.1, 0.15) is 23.1 Å². The van der Waals surface area contributed by atoms with Gasteiger partial charge >= 0.3 is 0 Å². The smallest absolute Gasteiger partial charge is 0.244 e. The van der Waals surface area contributed by atoms with E-state index in [1.165, 1.54) is 6.08 Å². The van der Waals surface area contributed by atoms with Crippen molar-refractivity contribution in [3.63, 3.8) is 0 Å². The van der Waals surface area contributed by atoms with Crippen molar-refractivity contribution >= 4 is 40.4 Å². The topological polar surface area (TPSA) is 108 Å². The van der Waals surface area contributed by atoms with Crippen molar-refractivity contribution < 1.29 is 14.3 Å². The summed E-state index contributed by atoms with van der Waals surface area (Å²) in [5.41, 5.74) is 9.73. The molecule has 4 aromatic rings. The second-order valence-corrected chi connectivity index (χ2v) is 9.90. The number of fused-ring (bicyclic) bond motifs is 1. The highest BCUT2D eigenvalue weighted by Crippen LogP contribution is 2.33. The van der Waals surface area contributed by atoms with Crippen LogP contribution in [-0.4, -0.2) is 59.0 Å². The standard InChI is InChI=1S/C29H30ClN5O3/c1-34-10-12-35(13-11-34)29(37)21-6-4-20(5-7-21)22-14-23-15-24(38-28(23)25(30)16-22)18-33-27(36)9-3-19-2-8-26(31)32-17-19/h2-9,14-17,29,37H,10-13,18H2,1H3,(H2,31,32)(H,33,36). The van der Waals surface area contributed by atoms with Crippen LogP contribution in [0.5, 0.6) is 0 Å². The van der Waals surface area contributed by atoms with Crippen LogP contribution in [0.2, 0.25) is 5.02 Å². The van der Waals surface area contributed by atoms with Crippen molar-refractivity contribution in [2.75, 3.05) is 39.0 Å². The van der Waals surface area contributed by atoms with E-state index in [1.54, 1.807) is 24.4 Å². The zero-order chi connectivity index (χ0) is 26.6. The molecule has 2 aromatic heterocycles. The maximum atomic E-state index is 12.2. The number of halogens is 1. The number of pyridine rings is 1. The minimum absolute atomic E-state index is 0.225. The lowest BCUT2D eigenvalue weighted by molar-refractivity contribution is -0.116. The number of nitrogens with two attached hydrogens (primary N) is 1. The van der Waals surface area contributed by atoms with E-state index in [4.69, 9.17) is 21.8 Å². The summed E-state index contributed by atoms with van der Waals surface area (Å²) in [6, 6.07) is 17.1. The van der Waals surface area contributed by atoms with Gasteiger partial charge in [-0.1, -0.05) is 35.9 Å². The van der Waals surface area contributed by atoms with Gasteiger partial charge in [0, 0.05) is 43.8 Å². The van der Waals surface area contributed by atoms with E-state index >= 15 is 0 Å². The summed E-state index contributed by atoms with van der Waals surface area (Å²) >= 11 is 6.55. The Bertz CT molecular complexity index is 1440. The van der Waals surface area contributed by atoms with Crippen molar-refractivity contribution in [2.24, 2.45) is 0 Å². The highest BCUT2D eigenvalue weighted by atomic mass is 35.5. The molecule has 0 aliphatic carbocycles. The van der Waals surface area contributed by atoms with E-state index in [1.807, 2.05) is 42.5 Å². The molecule has 1 atom stereocenters. The van der Waals surface area contributed by atoms with Crippen molar-refractivity contribution in [2.45, 2.75) is 12.8 Å². The Balaban J connectivity index is 1.25. The number of hydrogen-bond acceptors (Lipinski definition) is 7. The molecule has 1 aliphatic heterocycles. The van der Waals surface area contributed by atoms with Gasteiger partial charge in [-0.05, 0) is 65.7 Å². The first kappa shape index (κ1) is 25.9. The maximum absolute atomic E-state index is 12.2. The minimum Gasteiger partial charge on any atom is -0.458 e. The molecule has 1 unspecified atom stereocenters. The molecule has 0 saturated carbocycles. The number of rotatable bonds is 7. The van der Waals surface area contributed by atoms with E-state index in [2.05, 4.69) is 27.1 Å². The summed E-state index contributed by atoms with van der Waals surface area (Å²) in [5, 5.41) is 15.0. The second kappa shape index (κ2) is 11.4. The number of nitrogen functional groups attached to an aromatic ring is 1. The van der Waals surface area contributed by atoms with Gasteiger partial charge in [0.2, 0.25) is 5.91 Å². The third-order valence-electron chi connectivity index (χ3n) is 6.72. The molecule has 9 heteroatoms. The van der Waals surface area contributed by atoms with E-state index in [0.29, 0.717) is 22.2 Å². The zero-order valence-electron chi connectivity index (χ0n) is 21.1. The summed E-state index contributed by atoms with van der Waals surface area (Å²) in [6.45, 7) is 3.79. The van der Waals surface area contributed by atoms with Crippen LogP contribution in [0.15, 0.2) is 71.3 Å². The fourth-order valence-electron chi connectivity index (χ4n) is 4.46. The molecule has 0 spiro atoms. The number of carbonyl (C=O) groups excluding carboxylic acids is 1. The van der Waals surface area contributed by atoms with Gasteiger partial charge in [0.1, 0.15) is 17.8 Å². The average molecular weight is 532 g/mol. The summed E-state index contributed by atoms with van der Waals surface area (Å²) in [5.74, 6) is 0.767. The van der Waals surface area contributed by atoms with Crippen molar-refractivity contribution in [3.05, 3.63) is 88.8 Å². The number of nitrogens with one attached hydrogen (secondary N) is 1. The van der Waals surface area contributed by atoms with E-state index < -0.39 is 6.23 Å².